The van der Waals surface area contributed by atoms with Gasteiger partial charge in [-0.15, -0.1) is 4.68 Å². The highest BCUT2D eigenvalue weighted by Gasteiger charge is 2.19. The molecule has 7 nitrogen and oxygen atoms in total. The predicted molar refractivity (Wildman–Crippen MR) is 93.2 cm³/mol. The summed E-state index contributed by atoms with van der Waals surface area (Å²) in [7, 11) is -3.73. The molecule has 0 fully saturated rings. The Kier molecular flexibility index (Phi) is 5.12. The number of nitrogens with one attached hydrogen (secondary N) is 2. The Morgan fingerprint density at radius 1 is 1.12 bits per heavy atom. The van der Waals surface area contributed by atoms with Crippen LogP contribution in [0.2, 0.25) is 0 Å². The van der Waals surface area contributed by atoms with Crippen molar-refractivity contribution in [2.75, 3.05) is 0 Å². The summed E-state index contributed by atoms with van der Waals surface area (Å²) < 4.78 is 37.4. The third-order valence-electron chi connectivity index (χ3n) is 3.78. The molecule has 2 aromatic carbocycles. The molecule has 0 aliphatic rings. The van der Waals surface area contributed by atoms with Crippen LogP contribution < -0.4 is 15.1 Å². The molecule has 3 rings (SSSR count). The molecular formula is C17H19FN5O2S+. The number of hydrogen-bond acceptors (Lipinski definition) is 4. The van der Waals surface area contributed by atoms with Crippen LogP contribution in [0.4, 0.5) is 4.39 Å². The standard InChI is InChI=1S/C17H18FN5O2S/c1-12-21-17(11-20-10-13-2-4-14(18)5-3-13)23(22-12)15-6-8-16(9-7-15)26(19,24)25/h2-9,20H,10-11H2,1H3,(H2,19,24,25)/p+1. The van der Waals surface area contributed by atoms with E-state index < -0.39 is 10.0 Å². The van der Waals surface area contributed by atoms with Gasteiger partial charge >= 0.3 is 5.82 Å². The van der Waals surface area contributed by atoms with Gasteiger partial charge in [-0.05, 0) is 46.9 Å². The van der Waals surface area contributed by atoms with Crippen LogP contribution in [0, 0.1) is 12.7 Å². The fourth-order valence-electron chi connectivity index (χ4n) is 2.53. The number of nitrogens with two attached hydrogens (primary N) is 1. The summed E-state index contributed by atoms with van der Waals surface area (Å²) in [5.41, 5.74) is 1.69. The molecule has 0 aliphatic heterocycles. The number of aromatic amines is 1. The summed E-state index contributed by atoms with van der Waals surface area (Å²) in [4.78, 5) is 4.50. The Morgan fingerprint density at radius 2 is 1.77 bits per heavy atom. The Balaban J connectivity index is 1.74. The Hall–Kier alpha value is -2.62. The SMILES string of the molecule is Cc1nc(CNCc2ccc(F)cc2)[n+](-c2ccc(S(N)(=O)=O)cc2)[nH]1. The van der Waals surface area contributed by atoms with E-state index in [0.29, 0.717) is 13.1 Å². The van der Waals surface area contributed by atoms with Gasteiger partial charge in [0.25, 0.3) is 0 Å². The zero-order valence-electron chi connectivity index (χ0n) is 14.1. The lowest BCUT2D eigenvalue weighted by Gasteiger charge is -2.03. The number of rotatable bonds is 6. The Labute approximate surface area is 150 Å². The normalized spacial score (nSPS) is 11.7. The van der Waals surface area contributed by atoms with E-state index in [0.717, 1.165) is 22.9 Å². The van der Waals surface area contributed by atoms with Gasteiger partial charge in [0.2, 0.25) is 15.8 Å². The van der Waals surface area contributed by atoms with Gasteiger partial charge in [-0.3, -0.25) is 0 Å². The highest BCUT2D eigenvalue weighted by Crippen LogP contribution is 2.09. The van der Waals surface area contributed by atoms with Crippen molar-refractivity contribution in [1.29, 1.82) is 0 Å². The first-order valence-electron chi connectivity index (χ1n) is 7.89. The molecular weight excluding hydrogens is 357 g/mol. The number of H-pyrrole nitrogens is 1. The Morgan fingerprint density at radius 3 is 2.38 bits per heavy atom. The average molecular weight is 376 g/mol. The Bertz CT molecular complexity index is 999. The lowest BCUT2D eigenvalue weighted by molar-refractivity contribution is -0.665. The predicted octanol–water partition coefficient (Wildman–Crippen LogP) is 1.07. The molecule has 0 amide bonds. The smallest absolute Gasteiger partial charge is 0.302 e. The first kappa shape index (κ1) is 18.2. The molecule has 26 heavy (non-hydrogen) atoms. The zero-order chi connectivity index (χ0) is 18.7. The highest BCUT2D eigenvalue weighted by atomic mass is 32.2. The third kappa shape index (κ3) is 4.31. The number of nitrogens with zero attached hydrogens (tertiary/aromatic N) is 2. The maximum absolute atomic E-state index is 12.9. The fourth-order valence-corrected chi connectivity index (χ4v) is 3.05. The third-order valence-corrected chi connectivity index (χ3v) is 4.71. The molecule has 0 aliphatic carbocycles. The van der Waals surface area contributed by atoms with Crippen molar-refractivity contribution in [3.63, 3.8) is 0 Å². The van der Waals surface area contributed by atoms with Crippen molar-refractivity contribution in [1.82, 2.24) is 15.4 Å². The van der Waals surface area contributed by atoms with Crippen molar-refractivity contribution in [3.8, 4) is 5.69 Å². The maximum Gasteiger partial charge on any atom is 0.338 e. The van der Waals surface area contributed by atoms with E-state index >= 15 is 0 Å². The van der Waals surface area contributed by atoms with Crippen LogP contribution in [-0.4, -0.2) is 18.5 Å². The molecule has 0 bridgehead atoms. The minimum absolute atomic E-state index is 0.0501. The number of benzene rings is 2. The summed E-state index contributed by atoms with van der Waals surface area (Å²) in [6, 6.07) is 12.5. The molecule has 3 aromatic rings. The molecule has 0 radical (unpaired) electrons. The molecule has 1 heterocycles. The van der Waals surface area contributed by atoms with Crippen molar-refractivity contribution >= 4 is 10.0 Å². The zero-order valence-corrected chi connectivity index (χ0v) is 14.9. The summed E-state index contributed by atoms with van der Waals surface area (Å²) in [6.45, 7) is 2.87. The van der Waals surface area contributed by atoms with Gasteiger partial charge in [0.15, 0.2) is 5.69 Å². The lowest BCUT2D eigenvalue weighted by atomic mass is 10.2. The van der Waals surface area contributed by atoms with Crippen LogP contribution in [0.1, 0.15) is 17.2 Å². The summed E-state index contributed by atoms with van der Waals surface area (Å²) in [5.74, 6) is 1.18. The number of sulfonamides is 1. The fraction of sp³-hybridized carbons (Fsp3) is 0.176. The van der Waals surface area contributed by atoms with Gasteiger partial charge in [0, 0.05) is 13.5 Å². The van der Waals surface area contributed by atoms with E-state index in [-0.39, 0.29) is 10.7 Å². The summed E-state index contributed by atoms with van der Waals surface area (Å²) in [5, 5.41) is 11.5. The second-order valence-corrected chi connectivity index (χ2v) is 7.39. The van der Waals surface area contributed by atoms with E-state index in [9.17, 15) is 12.8 Å². The topological polar surface area (TPSA) is 105 Å². The lowest BCUT2D eigenvalue weighted by Crippen LogP contribution is -2.39. The van der Waals surface area contributed by atoms with Crippen LogP contribution >= 0.6 is 0 Å². The molecule has 0 saturated heterocycles. The van der Waals surface area contributed by atoms with Gasteiger partial charge in [-0.25, -0.2) is 17.9 Å². The van der Waals surface area contributed by atoms with Crippen molar-refractivity contribution in [3.05, 3.63) is 71.6 Å². The molecule has 1 aromatic heterocycles. The van der Waals surface area contributed by atoms with Gasteiger partial charge in [0.05, 0.1) is 4.90 Å². The number of primary sulfonamides is 1. The van der Waals surface area contributed by atoms with E-state index in [4.69, 9.17) is 5.14 Å². The van der Waals surface area contributed by atoms with E-state index in [2.05, 4.69) is 15.4 Å². The monoisotopic (exact) mass is 376 g/mol. The van der Waals surface area contributed by atoms with Gasteiger partial charge < -0.3 is 5.32 Å². The van der Waals surface area contributed by atoms with Crippen LogP contribution in [-0.2, 0) is 23.1 Å². The van der Waals surface area contributed by atoms with Crippen LogP contribution in [0.5, 0.6) is 0 Å². The summed E-state index contributed by atoms with van der Waals surface area (Å²) >= 11 is 0. The molecule has 0 unspecified atom stereocenters. The van der Waals surface area contributed by atoms with Crippen molar-refractivity contribution < 1.29 is 17.5 Å². The van der Waals surface area contributed by atoms with Crippen molar-refractivity contribution in [2.24, 2.45) is 5.14 Å². The molecule has 0 saturated carbocycles. The number of halogens is 1. The molecule has 0 atom stereocenters. The minimum Gasteiger partial charge on any atom is -0.302 e. The molecule has 136 valence electrons. The number of hydrogen-bond donors (Lipinski definition) is 3. The first-order valence-corrected chi connectivity index (χ1v) is 9.43. The molecule has 9 heteroatoms. The van der Waals surface area contributed by atoms with Crippen LogP contribution in [0.15, 0.2) is 53.4 Å². The first-order chi connectivity index (χ1) is 12.3. The van der Waals surface area contributed by atoms with Crippen LogP contribution in [0.25, 0.3) is 5.69 Å². The maximum atomic E-state index is 12.9. The number of aromatic nitrogens is 3. The van der Waals surface area contributed by atoms with Gasteiger partial charge in [0.1, 0.15) is 12.4 Å². The van der Waals surface area contributed by atoms with Gasteiger partial charge in [-0.2, -0.15) is 5.10 Å². The number of aryl methyl sites for hydroxylation is 1. The van der Waals surface area contributed by atoms with E-state index in [1.807, 2.05) is 6.92 Å². The largest absolute Gasteiger partial charge is 0.338 e. The average Bonchev–Trinajstić information content (AvgIpc) is 2.97. The molecule has 4 N–H and O–H groups in total. The van der Waals surface area contributed by atoms with E-state index in [1.165, 1.54) is 24.3 Å². The second-order valence-electron chi connectivity index (χ2n) is 5.83. The minimum atomic E-state index is -3.73. The van der Waals surface area contributed by atoms with Crippen LogP contribution in [0.3, 0.4) is 0 Å². The van der Waals surface area contributed by atoms with E-state index in [1.54, 1.807) is 28.9 Å². The molecule has 0 spiro atoms. The van der Waals surface area contributed by atoms with Gasteiger partial charge in [-0.1, -0.05) is 12.1 Å². The highest BCUT2D eigenvalue weighted by molar-refractivity contribution is 7.89. The summed E-state index contributed by atoms with van der Waals surface area (Å²) in [6.07, 6.45) is 0. The quantitative estimate of drug-likeness (QED) is 0.560. The van der Waals surface area contributed by atoms with Crippen molar-refractivity contribution in [2.45, 2.75) is 24.9 Å². The second kappa shape index (κ2) is 7.32.